The van der Waals surface area contributed by atoms with Crippen molar-refractivity contribution in [2.75, 3.05) is 18.9 Å². The predicted octanol–water partition coefficient (Wildman–Crippen LogP) is 3.97. The number of fused-ring (bicyclic) bond motifs is 1. The number of carbonyl (C=O) groups is 1. The van der Waals surface area contributed by atoms with Gasteiger partial charge >= 0.3 is 6.09 Å². The Kier molecular flexibility index (Phi) is 4.62. The van der Waals surface area contributed by atoms with Crippen molar-refractivity contribution in [1.29, 1.82) is 0 Å². The predicted molar refractivity (Wildman–Crippen MR) is 94.1 cm³/mol. The molecule has 5 nitrogen and oxygen atoms in total. The quantitative estimate of drug-likeness (QED) is 0.616. The average molecular weight is 348 g/mol. The number of nitrogens with two attached hydrogens (primary N) is 1. The van der Waals surface area contributed by atoms with Gasteiger partial charge in [0.15, 0.2) is 5.82 Å². The molecular weight excluding hydrogens is 323 g/mol. The van der Waals surface area contributed by atoms with Crippen molar-refractivity contribution in [3.05, 3.63) is 35.2 Å². The van der Waals surface area contributed by atoms with Crippen LogP contribution in [0.3, 0.4) is 0 Å². The largest absolute Gasteiger partial charge is 0.492 e. The number of halogens is 1. The molecule has 3 rings (SSSR count). The van der Waals surface area contributed by atoms with E-state index in [0.717, 1.165) is 12.0 Å². The summed E-state index contributed by atoms with van der Waals surface area (Å²) in [5.41, 5.74) is 6.63. The van der Waals surface area contributed by atoms with Crippen LogP contribution in [-0.2, 0) is 11.2 Å². The van der Waals surface area contributed by atoms with Crippen LogP contribution in [0.2, 0.25) is 0 Å². The van der Waals surface area contributed by atoms with Crippen LogP contribution in [0.25, 0.3) is 0 Å². The number of nitrogens with zero attached hydrogens (tertiary/aromatic N) is 1. The van der Waals surface area contributed by atoms with Gasteiger partial charge in [0.25, 0.3) is 0 Å². The minimum atomic E-state index is -0.621. The van der Waals surface area contributed by atoms with E-state index < -0.39 is 23.6 Å². The Balaban J connectivity index is 2.03. The summed E-state index contributed by atoms with van der Waals surface area (Å²) in [5, 5.41) is 0. The molecule has 1 atom stereocenters. The lowest BCUT2D eigenvalue weighted by Crippen LogP contribution is -2.39. The summed E-state index contributed by atoms with van der Waals surface area (Å²) < 4.78 is 26.2. The van der Waals surface area contributed by atoms with E-state index in [-0.39, 0.29) is 5.69 Å². The third-order valence-corrected chi connectivity index (χ3v) is 4.39. The molecule has 2 N–H and O–H groups in total. The zero-order chi connectivity index (χ0) is 18.2. The number of amides is 1. The van der Waals surface area contributed by atoms with Gasteiger partial charge in [-0.2, -0.15) is 0 Å². The van der Waals surface area contributed by atoms with E-state index in [9.17, 15) is 9.18 Å². The molecule has 6 heteroatoms. The second kappa shape index (κ2) is 6.58. The van der Waals surface area contributed by atoms with Gasteiger partial charge in [-0.1, -0.05) is 12.2 Å². The Hall–Kier alpha value is -2.24. The van der Waals surface area contributed by atoms with E-state index in [4.69, 9.17) is 15.2 Å². The lowest BCUT2D eigenvalue weighted by Gasteiger charge is -2.33. The summed E-state index contributed by atoms with van der Waals surface area (Å²) in [4.78, 5) is 14.3. The van der Waals surface area contributed by atoms with E-state index in [1.807, 2.05) is 32.9 Å². The number of hydrogen-bond donors (Lipinski definition) is 1. The van der Waals surface area contributed by atoms with Crippen LogP contribution in [0.5, 0.6) is 5.75 Å². The van der Waals surface area contributed by atoms with Crippen LogP contribution in [0.15, 0.2) is 18.2 Å². The van der Waals surface area contributed by atoms with Gasteiger partial charge in [0.1, 0.15) is 11.4 Å². The first kappa shape index (κ1) is 17.6. The summed E-state index contributed by atoms with van der Waals surface area (Å²) in [6.45, 7) is 6.31. The van der Waals surface area contributed by atoms with E-state index in [0.29, 0.717) is 37.3 Å². The Bertz CT molecular complexity index is 710. The third kappa shape index (κ3) is 3.57. The zero-order valence-corrected chi connectivity index (χ0v) is 15.0. The van der Waals surface area contributed by atoms with E-state index in [2.05, 4.69) is 0 Å². The van der Waals surface area contributed by atoms with Crippen molar-refractivity contribution in [3.8, 4) is 5.75 Å². The van der Waals surface area contributed by atoms with Crippen LogP contribution < -0.4 is 10.5 Å². The standard InChI is InChI=1S/C19H25FN2O3/c1-19(2,3)25-18(23)22-9-6-4-5-7-14(22)15-16(20)13(21)11-12-8-10-24-17(12)15/h4,6,11,14H,5,7-10,21H2,1-3H3. The first-order chi connectivity index (χ1) is 11.8. The summed E-state index contributed by atoms with van der Waals surface area (Å²) in [6.07, 6.45) is 5.48. The fourth-order valence-electron chi connectivity index (χ4n) is 3.33. The maximum Gasteiger partial charge on any atom is 0.411 e. The van der Waals surface area contributed by atoms with Crippen LogP contribution in [0.4, 0.5) is 14.9 Å². The topological polar surface area (TPSA) is 64.8 Å². The molecule has 136 valence electrons. The van der Waals surface area contributed by atoms with Gasteiger partial charge in [0.05, 0.1) is 23.9 Å². The number of benzene rings is 1. The van der Waals surface area contributed by atoms with Crippen LogP contribution >= 0.6 is 0 Å². The summed E-state index contributed by atoms with van der Waals surface area (Å²) in [5.74, 6) is 0.0354. The summed E-state index contributed by atoms with van der Waals surface area (Å²) in [6, 6.07) is 1.16. The van der Waals surface area contributed by atoms with Crippen molar-refractivity contribution >= 4 is 11.8 Å². The van der Waals surface area contributed by atoms with Crippen molar-refractivity contribution in [1.82, 2.24) is 4.90 Å². The number of allylic oxidation sites excluding steroid dienone is 1. The number of rotatable bonds is 1. The van der Waals surface area contributed by atoms with Gasteiger partial charge in [0, 0.05) is 18.5 Å². The minimum absolute atomic E-state index is 0.0978. The van der Waals surface area contributed by atoms with Crippen LogP contribution in [-0.4, -0.2) is 29.7 Å². The molecule has 25 heavy (non-hydrogen) atoms. The van der Waals surface area contributed by atoms with Crippen molar-refractivity contribution in [2.24, 2.45) is 0 Å². The lowest BCUT2D eigenvalue weighted by atomic mass is 9.96. The molecule has 1 amide bonds. The molecule has 1 unspecified atom stereocenters. The van der Waals surface area contributed by atoms with Crippen molar-refractivity contribution in [2.45, 2.75) is 51.7 Å². The van der Waals surface area contributed by atoms with Gasteiger partial charge in [0.2, 0.25) is 0 Å². The molecule has 0 aliphatic carbocycles. The highest BCUT2D eigenvalue weighted by atomic mass is 19.1. The molecule has 0 saturated carbocycles. The SMILES string of the molecule is CC(C)(C)OC(=O)N1CC=CCCC1c1c(F)c(N)cc2c1OCC2. The number of anilines is 1. The second-order valence-corrected chi connectivity index (χ2v) is 7.48. The monoisotopic (exact) mass is 348 g/mol. The van der Waals surface area contributed by atoms with Gasteiger partial charge in [-0.3, -0.25) is 4.90 Å². The Morgan fingerprint density at radius 3 is 2.88 bits per heavy atom. The fourth-order valence-corrected chi connectivity index (χ4v) is 3.33. The summed E-state index contributed by atoms with van der Waals surface area (Å²) >= 11 is 0. The maximum atomic E-state index is 14.9. The first-order valence-electron chi connectivity index (χ1n) is 8.66. The highest BCUT2D eigenvalue weighted by molar-refractivity contribution is 5.70. The molecule has 0 spiro atoms. The number of hydrogen-bond acceptors (Lipinski definition) is 4. The van der Waals surface area contributed by atoms with Gasteiger partial charge < -0.3 is 15.2 Å². The van der Waals surface area contributed by atoms with Gasteiger partial charge in [-0.05, 0) is 39.7 Å². The molecule has 0 radical (unpaired) electrons. The van der Waals surface area contributed by atoms with Crippen LogP contribution in [0.1, 0.15) is 50.8 Å². The molecule has 0 fully saturated rings. The van der Waals surface area contributed by atoms with Gasteiger partial charge in [-0.15, -0.1) is 0 Å². The molecule has 2 heterocycles. The fraction of sp³-hybridized carbons (Fsp3) is 0.526. The maximum absolute atomic E-state index is 14.9. The average Bonchev–Trinajstić information content (AvgIpc) is 2.82. The van der Waals surface area contributed by atoms with E-state index in [1.165, 1.54) is 0 Å². The second-order valence-electron chi connectivity index (χ2n) is 7.48. The molecule has 0 aromatic heterocycles. The van der Waals surface area contributed by atoms with E-state index in [1.54, 1.807) is 11.0 Å². The molecule has 2 aliphatic heterocycles. The van der Waals surface area contributed by atoms with Crippen LogP contribution in [0, 0.1) is 5.82 Å². The third-order valence-electron chi connectivity index (χ3n) is 4.39. The number of carbonyl (C=O) groups excluding carboxylic acids is 1. The molecule has 0 saturated heterocycles. The van der Waals surface area contributed by atoms with Crippen molar-refractivity contribution < 1.29 is 18.7 Å². The number of nitrogen functional groups attached to an aromatic ring is 1. The lowest BCUT2D eigenvalue weighted by molar-refractivity contribution is 0.0177. The number of ether oxygens (including phenoxy) is 2. The van der Waals surface area contributed by atoms with Crippen molar-refractivity contribution in [3.63, 3.8) is 0 Å². The van der Waals surface area contributed by atoms with Gasteiger partial charge in [-0.25, -0.2) is 9.18 Å². The Morgan fingerprint density at radius 1 is 1.40 bits per heavy atom. The zero-order valence-electron chi connectivity index (χ0n) is 15.0. The molecule has 2 aliphatic rings. The highest BCUT2D eigenvalue weighted by Crippen LogP contribution is 2.43. The molecule has 1 aromatic carbocycles. The Morgan fingerprint density at radius 2 is 2.16 bits per heavy atom. The summed E-state index contributed by atoms with van der Waals surface area (Å²) in [7, 11) is 0. The van der Waals surface area contributed by atoms with E-state index >= 15 is 0 Å². The molecule has 0 bridgehead atoms. The normalized spacial score (nSPS) is 20.0. The molecular formula is C19H25FN2O3. The highest BCUT2D eigenvalue weighted by Gasteiger charge is 2.35. The smallest absolute Gasteiger partial charge is 0.411 e. The molecule has 1 aromatic rings. The first-order valence-corrected chi connectivity index (χ1v) is 8.66. The Labute approximate surface area is 147 Å². The minimum Gasteiger partial charge on any atom is -0.492 e.